The summed E-state index contributed by atoms with van der Waals surface area (Å²) < 4.78 is 0. The Kier molecular flexibility index (Phi) is 5.40. The van der Waals surface area contributed by atoms with Crippen molar-refractivity contribution in [3.8, 4) is 0 Å². The third-order valence-electron chi connectivity index (χ3n) is 3.88. The normalized spacial score (nSPS) is 26.2. The molecule has 0 aromatic carbocycles. The first-order chi connectivity index (χ1) is 7.95. The Hall–Kier alpha value is -0.610. The van der Waals surface area contributed by atoms with Gasteiger partial charge in [-0.15, -0.1) is 0 Å². The van der Waals surface area contributed by atoms with E-state index in [2.05, 4.69) is 11.8 Å². The maximum atomic E-state index is 12.0. The van der Waals surface area contributed by atoms with E-state index in [4.69, 9.17) is 5.73 Å². The number of likely N-dealkylation sites (N-methyl/N-ethyl adjacent to an activating group) is 1. The topological polar surface area (TPSA) is 49.6 Å². The summed E-state index contributed by atoms with van der Waals surface area (Å²) in [6, 6.07) is 0.644. The molecule has 100 valence electrons. The molecule has 1 heterocycles. The van der Waals surface area contributed by atoms with Crippen molar-refractivity contribution < 1.29 is 4.79 Å². The number of nitrogens with zero attached hydrogens (tertiary/aromatic N) is 2. The summed E-state index contributed by atoms with van der Waals surface area (Å²) in [6.07, 6.45) is 2.30. The molecule has 0 aromatic rings. The predicted octanol–water partition coefficient (Wildman–Crippen LogP) is 0.912. The zero-order valence-electron chi connectivity index (χ0n) is 11.6. The van der Waals surface area contributed by atoms with Crippen molar-refractivity contribution in [3.63, 3.8) is 0 Å². The molecule has 2 atom stereocenters. The van der Waals surface area contributed by atoms with Gasteiger partial charge in [0.2, 0.25) is 5.91 Å². The Labute approximate surface area is 105 Å². The first kappa shape index (κ1) is 14.5. The quantitative estimate of drug-likeness (QED) is 0.796. The molecular formula is C13H27N3O. The Morgan fingerprint density at radius 3 is 2.71 bits per heavy atom. The molecule has 0 aliphatic carbocycles. The Morgan fingerprint density at radius 1 is 1.53 bits per heavy atom. The molecule has 0 bridgehead atoms. The van der Waals surface area contributed by atoms with Crippen LogP contribution in [0, 0.1) is 5.92 Å². The number of likely N-dealkylation sites (tertiary alicyclic amines) is 1. The highest BCUT2D eigenvalue weighted by molar-refractivity contribution is 5.78. The molecule has 1 fully saturated rings. The second kappa shape index (κ2) is 6.36. The van der Waals surface area contributed by atoms with Crippen LogP contribution in [0.2, 0.25) is 0 Å². The molecule has 0 aromatic heterocycles. The minimum absolute atomic E-state index is 0.202. The van der Waals surface area contributed by atoms with Crippen LogP contribution < -0.4 is 5.73 Å². The summed E-state index contributed by atoms with van der Waals surface area (Å²) in [7, 11) is 1.87. The van der Waals surface area contributed by atoms with E-state index >= 15 is 0 Å². The highest BCUT2D eigenvalue weighted by atomic mass is 16.2. The van der Waals surface area contributed by atoms with Crippen LogP contribution in [0.25, 0.3) is 0 Å². The SMILES string of the molecule is CC1CCN(CC(=O)N(C)C(C)C)C(CN)C1. The minimum Gasteiger partial charge on any atom is -0.342 e. The van der Waals surface area contributed by atoms with Gasteiger partial charge in [0.1, 0.15) is 0 Å². The van der Waals surface area contributed by atoms with Gasteiger partial charge in [-0.25, -0.2) is 0 Å². The number of piperidine rings is 1. The fourth-order valence-electron chi connectivity index (χ4n) is 2.33. The van der Waals surface area contributed by atoms with Crippen LogP contribution in [0.5, 0.6) is 0 Å². The van der Waals surface area contributed by atoms with Gasteiger partial charge in [0.25, 0.3) is 0 Å². The fourth-order valence-corrected chi connectivity index (χ4v) is 2.33. The van der Waals surface area contributed by atoms with E-state index in [1.54, 1.807) is 0 Å². The van der Waals surface area contributed by atoms with Gasteiger partial charge in [0.15, 0.2) is 0 Å². The van der Waals surface area contributed by atoms with Crippen molar-refractivity contribution in [2.45, 2.75) is 45.7 Å². The lowest BCUT2D eigenvalue weighted by Gasteiger charge is -2.38. The Balaban J connectivity index is 2.52. The van der Waals surface area contributed by atoms with Crippen molar-refractivity contribution in [1.82, 2.24) is 9.80 Å². The first-order valence-corrected chi connectivity index (χ1v) is 6.65. The number of carbonyl (C=O) groups excluding carboxylic acids is 1. The fraction of sp³-hybridized carbons (Fsp3) is 0.923. The molecule has 0 saturated carbocycles. The molecule has 1 saturated heterocycles. The number of hydrogen-bond donors (Lipinski definition) is 1. The van der Waals surface area contributed by atoms with Crippen LogP contribution in [0.15, 0.2) is 0 Å². The van der Waals surface area contributed by atoms with Crippen molar-refractivity contribution in [3.05, 3.63) is 0 Å². The lowest BCUT2D eigenvalue weighted by molar-refractivity contribution is -0.133. The average molecular weight is 241 g/mol. The van der Waals surface area contributed by atoms with Crippen LogP contribution in [0.1, 0.15) is 33.6 Å². The Bertz CT molecular complexity index is 255. The molecular weight excluding hydrogens is 214 g/mol. The van der Waals surface area contributed by atoms with E-state index in [0.717, 1.165) is 18.9 Å². The molecule has 1 aliphatic heterocycles. The smallest absolute Gasteiger partial charge is 0.236 e. The summed E-state index contributed by atoms with van der Waals surface area (Å²) in [4.78, 5) is 16.1. The predicted molar refractivity (Wildman–Crippen MR) is 70.7 cm³/mol. The maximum Gasteiger partial charge on any atom is 0.236 e. The number of carbonyl (C=O) groups is 1. The van der Waals surface area contributed by atoms with Gasteiger partial charge in [-0.1, -0.05) is 6.92 Å². The highest BCUT2D eigenvalue weighted by Gasteiger charge is 2.27. The number of nitrogens with two attached hydrogens (primary N) is 1. The van der Waals surface area contributed by atoms with Crippen molar-refractivity contribution in [2.24, 2.45) is 11.7 Å². The molecule has 0 radical (unpaired) electrons. The molecule has 1 aliphatic rings. The monoisotopic (exact) mass is 241 g/mol. The summed E-state index contributed by atoms with van der Waals surface area (Å²) in [5, 5.41) is 0. The van der Waals surface area contributed by atoms with Gasteiger partial charge >= 0.3 is 0 Å². The minimum atomic E-state index is 0.202. The van der Waals surface area contributed by atoms with Gasteiger partial charge in [0.05, 0.1) is 6.54 Å². The average Bonchev–Trinajstić information content (AvgIpc) is 2.30. The van der Waals surface area contributed by atoms with E-state index in [1.807, 2.05) is 25.8 Å². The molecule has 1 amide bonds. The Morgan fingerprint density at radius 2 is 2.18 bits per heavy atom. The third-order valence-corrected chi connectivity index (χ3v) is 3.88. The number of hydrogen-bond acceptors (Lipinski definition) is 3. The molecule has 17 heavy (non-hydrogen) atoms. The van der Waals surface area contributed by atoms with Gasteiger partial charge < -0.3 is 10.6 Å². The zero-order chi connectivity index (χ0) is 13.0. The standard InChI is InChI=1S/C13H27N3O/c1-10(2)15(4)13(17)9-16-6-5-11(3)7-12(16)8-14/h10-12H,5-9,14H2,1-4H3. The van der Waals surface area contributed by atoms with Crippen LogP contribution in [0.4, 0.5) is 0 Å². The largest absolute Gasteiger partial charge is 0.342 e. The van der Waals surface area contributed by atoms with Crippen molar-refractivity contribution in [1.29, 1.82) is 0 Å². The van der Waals surface area contributed by atoms with Crippen molar-refractivity contribution in [2.75, 3.05) is 26.7 Å². The van der Waals surface area contributed by atoms with E-state index in [1.165, 1.54) is 6.42 Å². The molecule has 2 unspecified atom stereocenters. The summed E-state index contributed by atoms with van der Waals surface area (Å²) in [6.45, 7) is 8.52. The van der Waals surface area contributed by atoms with Crippen LogP contribution in [-0.2, 0) is 4.79 Å². The van der Waals surface area contributed by atoms with E-state index in [9.17, 15) is 4.79 Å². The zero-order valence-corrected chi connectivity index (χ0v) is 11.6. The maximum absolute atomic E-state index is 12.0. The van der Waals surface area contributed by atoms with Gasteiger partial charge in [0, 0.05) is 25.7 Å². The van der Waals surface area contributed by atoms with E-state index < -0.39 is 0 Å². The molecule has 0 spiro atoms. The molecule has 2 N–H and O–H groups in total. The van der Waals surface area contributed by atoms with E-state index in [0.29, 0.717) is 19.1 Å². The van der Waals surface area contributed by atoms with Crippen LogP contribution in [0.3, 0.4) is 0 Å². The van der Waals surface area contributed by atoms with E-state index in [-0.39, 0.29) is 11.9 Å². The summed E-state index contributed by atoms with van der Waals surface area (Å²) >= 11 is 0. The third kappa shape index (κ3) is 3.96. The lowest BCUT2D eigenvalue weighted by atomic mass is 9.92. The van der Waals surface area contributed by atoms with Crippen LogP contribution >= 0.6 is 0 Å². The second-order valence-corrected chi connectivity index (χ2v) is 5.59. The molecule has 1 rings (SSSR count). The van der Waals surface area contributed by atoms with Crippen LogP contribution in [-0.4, -0.2) is 54.5 Å². The first-order valence-electron chi connectivity index (χ1n) is 6.65. The van der Waals surface area contributed by atoms with Crippen molar-refractivity contribution >= 4 is 5.91 Å². The number of amides is 1. The summed E-state index contributed by atoms with van der Waals surface area (Å²) in [5.74, 6) is 0.936. The lowest BCUT2D eigenvalue weighted by Crippen LogP contribution is -2.51. The van der Waals surface area contributed by atoms with Gasteiger partial charge in [-0.2, -0.15) is 0 Å². The van der Waals surface area contributed by atoms with Gasteiger partial charge in [-0.05, 0) is 39.2 Å². The second-order valence-electron chi connectivity index (χ2n) is 5.59. The molecule has 4 heteroatoms. The highest BCUT2D eigenvalue weighted by Crippen LogP contribution is 2.21. The summed E-state index contributed by atoms with van der Waals surface area (Å²) in [5.41, 5.74) is 5.80. The number of rotatable bonds is 4. The van der Waals surface area contributed by atoms with Gasteiger partial charge in [-0.3, -0.25) is 9.69 Å². The molecule has 4 nitrogen and oxygen atoms in total.